The van der Waals surface area contributed by atoms with Gasteiger partial charge in [0.05, 0.1) is 0 Å². The molecule has 2 rings (SSSR count). The van der Waals surface area contributed by atoms with Crippen molar-refractivity contribution < 1.29 is 4.39 Å². The van der Waals surface area contributed by atoms with Crippen LogP contribution in [0.2, 0.25) is 0 Å². The fourth-order valence-electron chi connectivity index (χ4n) is 2.63. The fraction of sp³-hybridized carbons (Fsp3) is 0.368. The standard InChI is InChI=1S/C19H24FN/c1-14(2)16-10-8-15(9-11-16)12-19(3,21)13-17-6-4-5-7-18(17)20/h4-11,14H,12-13,21H2,1-3H3. The Morgan fingerprint density at radius 1 is 1.00 bits per heavy atom. The summed E-state index contributed by atoms with van der Waals surface area (Å²) >= 11 is 0. The molecule has 0 heterocycles. The topological polar surface area (TPSA) is 26.0 Å². The highest BCUT2D eigenvalue weighted by Gasteiger charge is 2.21. The third kappa shape index (κ3) is 4.40. The summed E-state index contributed by atoms with van der Waals surface area (Å²) in [6.07, 6.45) is 1.27. The second kappa shape index (κ2) is 6.40. The Bertz CT molecular complexity index is 585. The van der Waals surface area contributed by atoms with Gasteiger partial charge in [-0.05, 0) is 48.4 Å². The van der Waals surface area contributed by atoms with E-state index in [2.05, 4.69) is 38.1 Å². The van der Waals surface area contributed by atoms with Crippen molar-refractivity contribution in [1.82, 2.24) is 0 Å². The maximum atomic E-state index is 13.7. The third-order valence-electron chi connectivity index (χ3n) is 3.81. The molecule has 0 bridgehead atoms. The summed E-state index contributed by atoms with van der Waals surface area (Å²) < 4.78 is 13.7. The van der Waals surface area contributed by atoms with Crippen LogP contribution in [0.3, 0.4) is 0 Å². The molecule has 0 amide bonds. The lowest BCUT2D eigenvalue weighted by Crippen LogP contribution is -2.41. The van der Waals surface area contributed by atoms with Gasteiger partial charge >= 0.3 is 0 Å². The first-order valence-corrected chi connectivity index (χ1v) is 7.48. The predicted octanol–water partition coefficient (Wildman–Crippen LogP) is 4.45. The summed E-state index contributed by atoms with van der Waals surface area (Å²) in [4.78, 5) is 0. The van der Waals surface area contributed by atoms with Crippen molar-refractivity contribution in [3.63, 3.8) is 0 Å². The maximum Gasteiger partial charge on any atom is 0.126 e. The lowest BCUT2D eigenvalue weighted by molar-refractivity contribution is 0.451. The molecule has 0 fully saturated rings. The van der Waals surface area contributed by atoms with Crippen LogP contribution in [0, 0.1) is 5.82 Å². The van der Waals surface area contributed by atoms with Gasteiger partial charge in [0.1, 0.15) is 5.82 Å². The number of hydrogen-bond donors (Lipinski definition) is 1. The van der Waals surface area contributed by atoms with E-state index >= 15 is 0 Å². The third-order valence-corrected chi connectivity index (χ3v) is 3.81. The van der Waals surface area contributed by atoms with Gasteiger partial charge in [0.25, 0.3) is 0 Å². The summed E-state index contributed by atoms with van der Waals surface area (Å²) in [5.41, 5.74) is 9.13. The van der Waals surface area contributed by atoms with E-state index in [4.69, 9.17) is 5.73 Å². The monoisotopic (exact) mass is 285 g/mol. The first-order chi connectivity index (χ1) is 9.87. The highest BCUT2D eigenvalue weighted by molar-refractivity contribution is 5.27. The zero-order valence-corrected chi connectivity index (χ0v) is 13.1. The molecule has 0 aliphatic rings. The van der Waals surface area contributed by atoms with Crippen LogP contribution in [-0.2, 0) is 12.8 Å². The number of rotatable bonds is 5. The Hall–Kier alpha value is -1.67. The number of hydrogen-bond acceptors (Lipinski definition) is 1. The van der Waals surface area contributed by atoms with E-state index in [-0.39, 0.29) is 5.82 Å². The molecule has 1 unspecified atom stereocenters. The normalized spacial score (nSPS) is 14.2. The Labute approximate surface area is 127 Å². The molecule has 2 N–H and O–H groups in total. The smallest absolute Gasteiger partial charge is 0.126 e. The molecule has 0 aliphatic heterocycles. The molecule has 0 spiro atoms. The predicted molar refractivity (Wildman–Crippen MR) is 86.9 cm³/mol. The van der Waals surface area contributed by atoms with E-state index in [0.29, 0.717) is 17.9 Å². The molecule has 0 aromatic heterocycles. The van der Waals surface area contributed by atoms with Gasteiger partial charge in [0, 0.05) is 5.54 Å². The number of benzene rings is 2. The van der Waals surface area contributed by atoms with Gasteiger partial charge in [0.2, 0.25) is 0 Å². The molecule has 0 radical (unpaired) electrons. The summed E-state index contributed by atoms with van der Waals surface area (Å²) in [6.45, 7) is 6.34. The molecule has 2 heteroatoms. The van der Waals surface area contributed by atoms with Gasteiger partial charge in [-0.1, -0.05) is 56.3 Å². The molecule has 2 aromatic rings. The van der Waals surface area contributed by atoms with Crippen molar-refractivity contribution in [3.8, 4) is 0 Å². The van der Waals surface area contributed by atoms with Crippen molar-refractivity contribution >= 4 is 0 Å². The average Bonchev–Trinajstić information content (AvgIpc) is 2.41. The van der Waals surface area contributed by atoms with Crippen molar-refractivity contribution in [1.29, 1.82) is 0 Å². The van der Waals surface area contributed by atoms with Gasteiger partial charge < -0.3 is 5.73 Å². The molecule has 21 heavy (non-hydrogen) atoms. The summed E-state index contributed by atoms with van der Waals surface area (Å²) in [7, 11) is 0. The lowest BCUT2D eigenvalue weighted by atomic mass is 9.86. The van der Waals surface area contributed by atoms with Gasteiger partial charge in [0.15, 0.2) is 0 Å². The molecule has 2 aromatic carbocycles. The van der Waals surface area contributed by atoms with Crippen LogP contribution in [0.15, 0.2) is 48.5 Å². The maximum absolute atomic E-state index is 13.7. The van der Waals surface area contributed by atoms with E-state index in [9.17, 15) is 4.39 Å². The molecule has 0 saturated heterocycles. The Kier molecular flexibility index (Phi) is 4.79. The van der Waals surface area contributed by atoms with E-state index < -0.39 is 5.54 Å². The van der Waals surface area contributed by atoms with Crippen molar-refractivity contribution in [2.45, 2.75) is 45.1 Å². The van der Waals surface area contributed by atoms with Crippen molar-refractivity contribution in [2.75, 3.05) is 0 Å². The second-order valence-electron chi connectivity index (χ2n) is 6.50. The van der Waals surface area contributed by atoms with Gasteiger partial charge in [-0.15, -0.1) is 0 Å². The number of nitrogens with two attached hydrogens (primary N) is 1. The van der Waals surface area contributed by atoms with Gasteiger partial charge in [-0.3, -0.25) is 0 Å². The minimum Gasteiger partial charge on any atom is -0.325 e. The Morgan fingerprint density at radius 3 is 2.19 bits per heavy atom. The van der Waals surface area contributed by atoms with Crippen LogP contribution in [0.4, 0.5) is 4.39 Å². The Balaban J connectivity index is 2.08. The molecular formula is C19H24FN. The van der Waals surface area contributed by atoms with Crippen LogP contribution in [0.5, 0.6) is 0 Å². The van der Waals surface area contributed by atoms with Crippen LogP contribution >= 0.6 is 0 Å². The molecule has 0 aliphatic carbocycles. The number of halogens is 1. The zero-order valence-electron chi connectivity index (χ0n) is 13.1. The van der Waals surface area contributed by atoms with Gasteiger partial charge in [-0.25, -0.2) is 4.39 Å². The summed E-state index contributed by atoms with van der Waals surface area (Å²) in [6, 6.07) is 15.4. The molecular weight excluding hydrogens is 261 g/mol. The summed E-state index contributed by atoms with van der Waals surface area (Å²) in [5.74, 6) is 0.353. The van der Waals surface area contributed by atoms with E-state index in [0.717, 1.165) is 6.42 Å². The SMILES string of the molecule is CC(C)c1ccc(CC(C)(N)Cc2ccccc2F)cc1. The van der Waals surface area contributed by atoms with E-state index in [1.54, 1.807) is 6.07 Å². The van der Waals surface area contributed by atoms with Crippen LogP contribution in [-0.4, -0.2) is 5.54 Å². The van der Waals surface area contributed by atoms with Crippen molar-refractivity contribution in [2.24, 2.45) is 5.73 Å². The lowest BCUT2D eigenvalue weighted by Gasteiger charge is -2.25. The second-order valence-corrected chi connectivity index (χ2v) is 6.50. The average molecular weight is 285 g/mol. The highest BCUT2D eigenvalue weighted by atomic mass is 19.1. The van der Waals surface area contributed by atoms with Crippen LogP contribution in [0.1, 0.15) is 43.4 Å². The molecule has 112 valence electrons. The van der Waals surface area contributed by atoms with Crippen molar-refractivity contribution in [3.05, 3.63) is 71.0 Å². The molecule has 0 saturated carbocycles. The first kappa shape index (κ1) is 15.7. The minimum absolute atomic E-state index is 0.177. The first-order valence-electron chi connectivity index (χ1n) is 7.48. The zero-order chi connectivity index (χ0) is 15.5. The quantitative estimate of drug-likeness (QED) is 0.863. The van der Waals surface area contributed by atoms with E-state index in [1.807, 2.05) is 19.1 Å². The minimum atomic E-state index is -0.457. The molecule has 1 nitrogen and oxygen atoms in total. The summed E-state index contributed by atoms with van der Waals surface area (Å²) in [5, 5.41) is 0. The van der Waals surface area contributed by atoms with Crippen LogP contribution in [0.25, 0.3) is 0 Å². The Morgan fingerprint density at radius 2 is 1.62 bits per heavy atom. The highest BCUT2D eigenvalue weighted by Crippen LogP contribution is 2.20. The van der Waals surface area contributed by atoms with Gasteiger partial charge in [-0.2, -0.15) is 0 Å². The van der Waals surface area contributed by atoms with E-state index in [1.165, 1.54) is 17.2 Å². The molecule has 1 atom stereocenters. The fourth-order valence-corrected chi connectivity index (χ4v) is 2.63. The largest absolute Gasteiger partial charge is 0.325 e. The van der Waals surface area contributed by atoms with Crippen LogP contribution < -0.4 is 5.73 Å².